The summed E-state index contributed by atoms with van der Waals surface area (Å²) in [6.45, 7) is 7.21. The lowest BCUT2D eigenvalue weighted by Gasteiger charge is -2.32. The van der Waals surface area contributed by atoms with Gasteiger partial charge < -0.3 is 10.2 Å². The number of carbonyl (C=O) groups is 2. The van der Waals surface area contributed by atoms with E-state index in [2.05, 4.69) is 29.4 Å². The maximum atomic E-state index is 12.5. The van der Waals surface area contributed by atoms with Crippen LogP contribution < -0.4 is 5.32 Å². The van der Waals surface area contributed by atoms with Gasteiger partial charge in [-0.1, -0.05) is 13.8 Å². The number of likely N-dealkylation sites (tertiary alicyclic amines) is 1. The van der Waals surface area contributed by atoms with E-state index in [1.165, 1.54) is 16.2 Å². The molecule has 0 aromatic carbocycles. The van der Waals surface area contributed by atoms with Crippen molar-refractivity contribution >= 4 is 39.6 Å². The predicted molar refractivity (Wildman–Crippen MR) is 103 cm³/mol. The molecule has 7 heteroatoms. The fraction of sp³-hybridized carbons (Fsp3) is 0.500. The van der Waals surface area contributed by atoms with E-state index < -0.39 is 0 Å². The van der Waals surface area contributed by atoms with Crippen molar-refractivity contribution in [2.45, 2.75) is 33.6 Å². The second-order valence-corrected chi connectivity index (χ2v) is 8.84. The lowest BCUT2D eigenvalue weighted by molar-refractivity contribution is -0.137. The maximum absolute atomic E-state index is 12.5. The number of anilines is 1. The van der Waals surface area contributed by atoms with Crippen molar-refractivity contribution in [3.8, 4) is 10.6 Å². The average molecular weight is 378 g/mol. The summed E-state index contributed by atoms with van der Waals surface area (Å²) in [7, 11) is 0. The van der Waals surface area contributed by atoms with Crippen LogP contribution in [0.5, 0.6) is 0 Å². The average Bonchev–Trinajstić information content (AvgIpc) is 3.23. The third-order valence-electron chi connectivity index (χ3n) is 4.40. The van der Waals surface area contributed by atoms with Gasteiger partial charge in [-0.2, -0.15) is 0 Å². The Hall–Kier alpha value is -1.73. The molecule has 0 aliphatic carbocycles. The van der Waals surface area contributed by atoms with Gasteiger partial charge >= 0.3 is 0 Å². The summed E-state index contributed by atoms with van der Waals surface area (Å²) in [5, 5.41) is 5.57. The van der Waals surface area contributed by atoms with E-state index in [0.29, 0.717) is 31.1 Å². The zero-order valence-electron chi connectivity index (χ0n) is 14.7. The summed E-state index contributed by atoms with van der Waals surface area (Å²) in [5.74, 6) is 0.155. The summed E-state index contributed by atoms with van der Waals surface area (Å²) in [4.78, 5) is 33.3. The number of hydrogen-bond acceptors (Lipinski definition) is 5. The van der Waals surface area contributed by atoms with Crippen molar-refractivity contribution in [1.82, 2.24) is 9.88 Å². The Kier molecular flexibility index (Phi) is 5.54. The fourth-order valence-corrected chi connectivity index (χ4v) is 4.57. The Morgan fingerprint density at radius 3 is 2.60 bits per heavy atom. The highest BCUT2D eigenvalue weighted by atomic mass is 32.1. The number of nitrogens with zero attached hydrogens (tertiary/aromatic N) is 2. The molecular formula is C18H23N3O2S2. The number of aromatic nitrogens is 1. The molecule has 5 nitrogen and oxygen atoms in total. The molecule has 0 saturated carbocycles. The molecule has 3 rings (SSSR count). The Morgan fingerprint density at radius 2 is 2.00 bits per heavy atom. The normalized spacial score (nSPS) is 15.6. The van der Waals surface area contributed by atoms with Crippen molar-refractivity contribution in [3.05, 3.63) is 22.4 Å². The lowest BCUT2D eigenvalue weighted by Crippen LogP contribution is -2.43. The molecule has 0 spiro atoms. The minimum atomic E-state index is -0.0486. The van der Waals surface area contributed by atoms with Gasteiger partial charge in [0.1, 0.15) is 0 Å². The summed E-state index contributed by atoms with van der Waals surface area (Å²) < 4.78 is 0. The Labute approximate surface area is 156 Å². The fourth-order valence-electron chi connectivity index (χ4n) is 2.95. The van der Waals surface area contributed by atoms with Gasteiger partial charge in [0.15, 0.2) is 5.13 Å². The number of piperidine rings is 1. The van der Waals surface area contributed by atoms with E-state index in [0.717, 1.165) is 10.6 Å². The van der Waals surface area contributed by atoms with Crippen LogP contribution in [0.3, 0.4) is 0 Å². The first kappa shape index (κ1) is 18.1. The number of aryl methyl sites for hydroxylation is 1. The van der Waals surface area contributed by atoms with E-state index in [9.17, 15) is 9.59 Å². The summed E-state index contributed by atoms with van der Waals surface area (Å²) in [6.07, 6.45) is 1.43. The zero-order chi connectivity index (χ0) is 18.0. The Bertz CT molecular complexity index is 758. The van der Waals surface area contributed by atoms with Crippen LogP contribution in [0, 0.1) is 18.8 Å². The number of amides is 2. The first-order valence-electron chi connectivity index (χ1n) is 8.56. The standard InChI is InChI=1S/C18H23N3O2S2/c1-11(2)17(23)21-8-6-13(7-9-21)16(22)20-18-19-14(10-24-18)15-5-4-12(3)25-15/h4-5,10-11,13H,6-9H2,1-3H3,(H,19,20,22). The monoisotopic (exact) mass is 377 g/mol. The van der Waals surface area contributed by atoms with E-state index in [1.54, 1.807) is 11.3 Å². The molecule has 0 unspecified atom stereocenters. The molecule has 1 aliphatic heterocycles. The van der Waals surface area contributed by atoms with E-state index in [1.807, 2.05) is 24.1 Å². The molecule has 1 N–H and O–H groups in total. The number of nitrogens with one attached hydrogen (secondary N) is 1. The van der Waals surface area contributed by atoms with Crippen molar-refractivity contribution in [3.63, 3.8) is 0 Å². The van der Waals surface area contributed by atoms with E-state index in [-0.39, 0.29) is 23.7 Å². The van der Waals surface area contributed by atoms with Gasteiger partial charge in [0.05, 0.1) is 10.6 Å². The summed E-state index contributed by atoms with van der Waals surface area (Å²) >= 11 is 3.15. The van der Waals surface area contributed by atoms with Gasteiger partial charge in [-0.25, -0.2) is 4.98 Å². The molecule has 2 amide bonds. The molecule has 2 aromatic rings. The summed E-state index contributed by atoms with van der Waals surface area (Å²) in [5.41, 5.74) is 0.913. The summed E-state index contributed by atoms with van der Waals surface area (Å²) in [6, 6.07) is 4.13. The quantitative estimate of drug-likeness (QED) is 0.875. The number of thiazole rings is 1. The highest BCUT2D eigenvalue weighted by molar-refractivity contribution is 7.17. The van der Waals surface area contributed by atoms with Gasteiger partial charge in [-0.05, 0) is 31.9 Å². The largest absolute Gasteiger partial charge is 0.342 e. The second-order valence-electron chi connectivity index (χ2n) is 6.69. The van der Waals surface area contributed by atoms with Gasteiger partial charge in [0.2, 0.25) is 11.8 Å². The molecule has 134 valence electrons. The molecule has 0 radical (unpaired) electrons. The molecule has 2 aromatic heterocycles. The second kappa shape index (κ2) is 7.66. The lowest BCUT2D eigenvalue weighted by atomic mass is 9.95. The highest BCUT2D eigenvalue weighted by Gasteiger charge is 2.28. The van der Waals surface area contributed by atoms with Crippen LogP contribution in [0.2, 0.25) is 0 Å². The molecule has 1 saturated heterocycles. The van der Waals surface area contributed by atoms with Crippen LogP contribution in [0.15, 0.2) is 17.5 Å². The number of thiophene rings is 1. The third kappa shape index (κ3) is 4.27. The molecule has 3 heterocycles. The van der Waals surface area contributed by atoms with E-state index in [4.69, 9.17) is 0 Å². The van der Waals surface area contributed by atoms with Crippen LogP contribution in [0.25, 0.3) is 10.6 Å². The molecule has 0 atom stereocenters. The van der Waals surface area contributed by atoms with Gasteiger partial charge in [0.25, 0.3) is 0 Å². The Morgan fingerprint density at radius 1 is 1.28 bits per heavy atom. The first-order chi connectivity index (χ1) is 11.9. The minimum Gasteiger partial charge on any atom is -0.342 e. The molecule has 25 heavy (non-hydrogen) atoms. The topological polar surface area (TPSA) is 62.3 Å². The number of rotatable bonds is 4. The van der Waals surface area contributed by atoms with E-state index >= 15 is 0 Å². The maximum Gasteiger partial charge on any atom is 0.229 e. The van der Waals surface area contributed by atoms with Crippen LogP contribution in [0.4, 0.5) is 5.13 Å². The van der Waals surface area contributed by atoms with Crippen LogP contribution in [0.1, 0.15) is 31.6 Å². The Balaban J connectivity index is 1.55. The third-order valence-corrected chi connectivity index (χ3v) is 6.18. The van der Waals surface area contributed by atoms with Crippen LogP contribution in [-0.2, 0) is 9.59 Å². The molecular weight excluding hydrogens is 354 g/mol. The van der Waals surface area contributed by atoms with Crippen molar-refractivity contribution in [1.29, 1.82) is 0 Å². The van der Waals surface area contributed by atoms with Crippen molar-refractivity contribution in [2.75, 3.05) is 18.4 Å². The SMILES string of the molecule is Cc1ccc(-c2csc(NC(=O)C3CCN(C(=O)C(C)C)CC3)n2)s1. The smallest absolute Gasteiger partial charge is 0.229 e. The first-order valence-corrected chi connectivity index (χ1v) is 10.3. The van der Waals surface area contributed by atoms with Crippen LogP contribution >= 0.6 is 22.7 Å². The predicted octanol–water partition coefficient (Wildman–Crippen LogP) is 4.01. The van der Waals surface area contributed by atoms with Crippen LogP contribution in [-0.4, -0.2) is 34.8 Å². The van der Waals surface area contributed by atoms with Gasteiger partial charge in [-0.3, -0.25) is 9.59 Å². The molecule has 1 fully saturated rings. The molecule has 0 bridgehead atoms. The molecule has 1 aliphatic rings. The van der Waals surface area contributed by atoms with Crippen molar-refractivity contribution < 1.29 is 9.59 Å². The van der Waals surface area contributed by atoms with Gasteiger partial charge in [-0.15, -0.1) is 22.7 Å². The highest BCUT2D eigenvalue weighted by Crippen LogP contribution is 2.31. The zero-order valence-corrected chi connectivity index (χ0v) is 16.4. The minimum absolute atomic E-state index is 0.0138. The number of hydrogen-bond donors (Lipinski definition) is 1. The number of carbonyl (C=O) groups excluding carboxylic acids is 2. The van der Waals surface area contributed by atoms with Crippen molar-refractivity contribution in [2.24, 2.45) is 11.8 Å². The van der Waals surface area contributed by atoms with Gasteiger partial charge in [0, 0.05) is 35.2 Å².